The standard InChI is InChI=1S/C14H22N2OS/c1-2-15-14(13-6-4-8-18-13)12-9-16-7-3-5-11(16)10-17-12/h4,6,8,11-12,14-15H,2-3,5,7,9-10H2,1H3. The summed E-state index contributed by atoms with van der Waals surface area (Å²) >= 11 is 1.83. The van der Waals surface area contributed by atoms with Gasteiger partial charge in [0.25, 0.3) is 0 Å². The first-order valence-electron chi connectivity index (χ1n) is 7.01. The Hall–Kier alpha value is -0.420. The molecule has 0 saturated carbocycles. The zero-order chi connectivity index (χ0) is 12.4. The van der Waals surface area contributed by atoms with Crippen molar-refractivity contribution in [2.24, 2.45) is 0 Å². The molecule has 0 aromatic carbocycles. The van der Waals surface area contributed by atoms with Crippen LogP contribution in [0.25, 0.3) is 0 Å². The predicted molar refractivity (Wildman–Crippen MR) is 75.1 cm³/mol. The molecule has 3 atom stereocenters. The number of fused-ring (bicyclic) bond motifs is 1. The maximum atomic E-state index is 6.13. The second kappa shape index (κ2) is 5.70. The van der Waals surface area contributed by atoms with Crippen LogP contribution in [0.4, 0.5) is 0 Å². The Kier molecular flexibility index (Phi) is 3.99. The third-order valence-corrected chi connectivity index (χ3v) is 5.02. The SMILES string of the molecule is CCNC(c1cccs1)C1CN2CCCC2CO1. The summed E-state index contributed by atoms with van der Waals surface area (Å²) in [5, 5.41) is 5.75. The molecule has 2 aliphatic rings. The molecule has 3 heterocycles. The van der Waals surface area contributed by atoms with Gasteiger partial charge in [0.15, 0.2) is 0 Å². The number of nitrogens with one attached hydrogen (secondary N) is 1. The van der Waals surface area contributed by atoms with Crippen LogP contribution in [0, 0.1) is 0 Å². The van der Waals surface area contributed by atoms with Crippen molar-refractivity contribution >= 4 is 11.3 Å². The third-order valence-electron chi connectivity index (χ3n) is 4.06. The zero-order valence-electron chi connectivity index (χ0n) is 11.0. The van der Waals surface area contributed by atoms with Gasteiger partial charge in [0, 0.05) is 17.5 Å². The summed E-state index contributed by atoms with van der Waals surface area (Å²) < 4.78 is 6.13. The average molecular weight is 266 g/mol. The number of hydrogen-bond acceptors (Lipinski definition) is 4. The summed E-state index contributed by atoms with van der Waals surface area (Å²) in [6.45, 7) is 6.42. The molecule has 0 bridgehead atoms. The van der Waals surface area contributed by atoms with Crippen molar-refractivity contribution in [2.45, 2.75) is 38.0 Å². The number of nitrogens with zero attached hydrogens (tertiary/aromatic N) is 1. The highest BCUT2D eigenvalue weighted by Gasteiger charge is 2.36. The Bertz CT molecular complexity index is 368. The third kappa shape index (κ3) is 2.48. The van der Waals surface area contributed by atoms with E-state index in [-0.39, 0.29) is 0 Å². The fourth-order valence-electron chi connectivity index (χ4n) is 3.15. The van der Waals surface area contributed by atoms with Gasteiger partial charge in [0.05, 0.1) is 18.8 Å². The maximum Gasteiger partial charge on any atom is 0.0905 e. The van der Waals surface area contributed by atoms with Crippen molar-refractivity contribution in [3.63, 3.8) is 0 Å². The van der Waals surface area contributed by atoms with Crippen LogP contribution in [-0.4, -0.2) is 43.3 Å². The van der Waals surface area contributed by atoms with E-state index in [0.29, 0.717) is 18.2 Å². The van der Waals surface area contributed by atoms with E-state index in [9.17, 15) is 0 Å². The monoisotopic (exact) mass is 266 g/mol. The summed E-state index contributed by atoms with van der Waals surface area (Å²) in [7, 11) is 0. The van der Waals surface area contributed by atoms with Gasteiger partial charge in [-0.25, -0.2) is 0 Å². The van der Waals surface area contributed by atoms with Crippen molar-refractivity contribution in [3.8, 4) is 0 Å². The van der Waals surface area contributed by atoms with Gasteiger partial charge in [0.2, 0.25) is 0 Å². The molecular weight excluding hydrogens is 244 g/mol. The molecule has 1 N–H and O–H groups in total. The number of ether oxygens (including phenoxy) is 1. The minimum absolute atomic E-state index is 0.304. The minimum atomic E-state index is 0.304. The molecular formula is C14H22N2OS. The Morgan fingerprint density at radius 2 is 2.56 bits per heavy atom. The quantitative estimate of drug-likeness (QED) is 0.905. The first kappa shape index (κ1) is 12.6. The molecule has 18 heavy (non-hydrogen) atoms. The highest BCUT2D eigenvalue weighted by molar-refractivity contribution is 7.10. The molecule has 3 unspecified atom stereocenters. The van der Waals surface area contributed by atoms with E-state index in [2.05, 4.69) is 34.7 Å². The smallest absolute Gasteiger partial charge is 0.0905 e. The van der Waals surface area contributed by atoms with Crippen LogP contribution in [0.15, 0.2) is 17.5 Å². The van der Waals surface area contributed by atoms with E-state index >= 15 is 0 Å². The van der Waals surface area contributed by atoms with E-state index in [1.165, 1.54) is 24.3 Å². The molecule has 1 aromatic rings. The highest BCUT2D eigenvalue weighted by atomic mass is 32.1. The molecule has 0 spiro atoms. The van der Waals surface area contributed by atoms with Crippen molar-refractivity contribution in [1.29, 1.82) is 0 Å². The van der Waals surface area contributed by atoms with Gasteiger partial charge in [-0.05, 0) is 37.4 Å². The molecule has 0 amide bonds. The van der Waals surface area contributed by atoms with Gasteiger partial charge in [-0.15, -0.1) is 11.3 Å². The lowest BCUT2D eigenvalue weighted by molar-refractivity contribution is -0.0645. The van der Waals surface area contributed by atoms with Gasteiger partial charge in [-0.3, -0.25) is 4.90 Å². The van der Waals surface area contributed by atoms with Gasteiger partial charge < -0.3 is 10.1 Å². The zero-order valence-corrected chi connectivity index (χ0v) is 11.8. The molecule has 100 valence electrons. The normalized spacial score (nSPS) is 30.3. The van der Waals surface area contributed by atoms with Crippen LogP contribution in [0.2, 0.25) is 0 Å². The molecule has 0 radical (unpaired) electrons. The largest absolute Gasteiger partial charge is 0.373 e. The van der Waals surface area contributed by atoms with Crippen LogP contribution in [0.3, 0.4) is 0 Å². The van der Waals surface area contributed by atoms with Gasteiger partial charge in [-0.1, -0.05) is 13.0 Å². The summed E-state index contributed by atoms with van der Waals surface area (Å²) in [5.41, 5.74) is 0. The number of hydrogen-bond donors (Lipinski definition) is 1. The fourth-order valence-corrected chi connectivity index (χ4v) is 4.00. The van der Waals surface area contributed by atoms with E-state index in [4.69, 9.17) is 4.74 Å². The van der Waals surface area contributed by atoms with E-state index in [1.807, 2.05) is 11.3 Å². The van der Waals surface area contributed by atoms with Crippen molar-refractivity contribution in [1.82, 2.24) is 10.2 Å². The van der Waals surface area contributed by atoms with Gasteiger partial charge in [0.1, 0.15) is 0 Å². The van der Waals surface area contributed by atoms with Crippen LogP contribution in [0.1, 0.15) is 30.7 Å². The lowest BCUT2D eigenvalue weighted by atomic mass is 10.1. The van der Waals surface area contributed by atoms with Crippen molar-refractivity contribution < 1.29 is 4.74 Å². The Morgan fingerprint density at radius 3 is 3.33 bits per heavy atom. The van der Waals surface area contributed by atoms with Crippen LogP contribution < -0.4 is 5.32 Å². The van der Waals surface area contributed by atoms with Crippen molar-refractivity contribution in [3.05, 3.63) is 22.4 Å². The second-order valence-electron chi connectivity index (χ2n) is 5.21. The second-order valence-corrected chi connectivity index (χ2v) is 6.19. The van der Waals surface area contributed by atoms with Gasteiger partial charge in [-0.2, -0.15) is 0 Å². The number of thiophene rings is 1. The van der Waals surface area contributed by atoms with Crippen LogP contribution >= 0.6 is 11.3 Å². The van der Waals surface area contributed by atoms with E-state index in [0.717, 1.165) is 19.7 Å². The van der Waals surface area contributed by atoms with Crippen LogP contribution in [-0.2, 0) is 4.74 Å². The first-order valence-corrected chi connectivity index (χ1v) is 7.89. The Morgan fingerprint density at radius 1 is 1.61 bits per heavy atom. The molecule has 2 aliphatic heterocycles. The van der Waals surface area contributed by atoms with E-state index in [1.54, 1.807) is 0 Å². The number of morpholine rings is 1. The van der Waals surface area contributed by atoms with Crippen molar-refractivity contribution in [2.75, 3.05) is 26.2 Å². The maximum absolute atomic E-state index is 6.13. The fraction of sp³-hybridized carbons (Fsp3) is 0.714. The molecule has 2 saturated heterocycles. The molecule has 3 rings (SSSR count). The summed E-state index contributed by atoms with van der Waals surface area (Å²) in [4.78, 5) is 4.02. The molecule has 3 nitrogen and oxygen atoms in total. The molecule has 0 aliphatic carbocycles. The minimum Gasteiger partial charge on any atom is -0.373 e. The van der Waals surface area contributed by atoms with Crippen LogP contribution in [0.5, 0.6) is 0 Å². The first-order chi connectivity index (χ1) is 8.88. The summed E-state index contributed by atoms with van der Waals surface area (Å²) in [6.07, 6.45) is 2.96. The lowest BCUT2D eigenvalue weighted by Crippen LogP contribution is -2.50. The molecule has 1 aromatic heterocycles. The predicted octanol–water partition coefficient (Wildman–Crippen LogP) is 2.26. The lowest BCUT2D eigenvalue weighted by Gasteiger charge is -2.38. The summed E-state index contributed by atoms with van der Waals surface area (Å²) in [6, 6.07) is 5.40. The van der Waals surface area contributed by atoms with Gasteiger partial charge >= 0.3 is 0 Å². The topological polar surface area (TPSA) is 24.5 Å². The number of likely N-dealkylation sites (N-methyl/N-ethyl adjacent to an activating group) is 1. The Labute approximate surface area is 113 Å². The molecule has 2 fully saturated rings. The number of rotatable bonds is 4. The highest BCUT2D eigenvalue weighted by Crippen LogP contribution is 2.30. The van der Waals surface area contributed by atoms with E-state index < -0.39 is 0 Å². The Balaban J connectivity index is 1.71. The molecule has 4 heteroatoms. The average Bonchev–Trinajstić information content (AvgIpc) is 3.05. The summed E-state index contributed by atoms with van der Waals surface area (Å²) in [5.74, 6) is 0.